The first-order valence-electron chi connectivity index (χ1n) is 6.32. The molecular formula is C13H20ClN3O2. The summed E-state index contributed by atoms with van der Waals surface area (Å²) in [6.45, 7) is 4.82. The van der Waals surface area contributed by atoms with Crippen molar-refractivity contribution in [1.82, 2.24) is 15.6 Å². The van der Waals surface area contributed by atoms with E-state index < -0.39 is 0 Å². The number of piperidine rings is 1. The lowest BCUT2D eigenvalue weighted by Crippen LogP contribution is -2.52. The van der Waals surface area contributed by atoms with Gasteiger partial charge < -0.3 is 15.6 Å². The molecule has 0 aliphatic carbocycles. The molecule has 1 aromatic heterocycles. The summed E-state index contributed by atoms with van der Waals surface area (Å²) in [6, 6.07) is 3.64. The molecular weight excluding hydrogens is 266 g/mol. The molecule has 19 heavy (non-hydrogen) atoms. The van der Waals surface area contributed by atoms with Crippen LogP contribution in [0.25, 0.3) is 0 Å². The van der Waals surface area contributed by atoms with Crippen molar-refractivity contribution in [1.29, 1.82) is 0 Å². The minimum Gasteiger partial charge on any atom is -0.348 e. The Morgan fingerprint density at radius 1 is 1.42 bits per heavy atom. The third-order valence-corrected chi connectivity index (χ3v) is 3.38. The van der Waals surface area contributed by atoms with Crippen LogP contribution in [-0.2, 0) is 0 Å². The molecule has 0 spiro atoms. The highest BCUT2D eigenvalue weighted by molar-refractivity contribution is 5.94. The van der Waals surface area contributed by atoms with Gasteiger partial charge in [-0.25, -0.2) is 0 Å². The molecule has 5 nitrogen and oxygen atoms in total. The van der Waals surface area contributed by atoms with Crippen LogP contribution in [0.3, 0.4) is 0 Å². The minimum absolute atomic E-state index is 0. The van der Waals surface area contributed by atoms with E-state index >= 15 is 0 Å². The maximum absolute atomic E-state index is 12.0. The molecule has 1 saturated heterocycles. The molecule has 2 rings (SSSR count). The molecule has 2 unspecified atom stereocenters. The van der Waals surface area contributed by atoms with Crippen molar-refractivity contribution in [2.45, 2.75) is 38.8 Å². The van der Waals surface area contributed by atoms with E-state index in [2.05, 4.69) is 15.6 Å². The van der Waals surface area contributed by atoms with Gasteiger partial charge in [-0.2, -0.15) is 0 Å². The summed E-state index contributed by atoms with van der Waals surface area (Å²) in [5.74, 6) is -0.295. The molecule has 1 aliphatic rings. The molecule has 6 heteroatoms. The molecule has 3 N–H and O–H groups in total. The highest BCUT2D eigenvalue weighted by Gasteiger charge is 2.23. The molecule has 0 saturated carbocycles. The van der Waals surface area contributed by atoms with Crippen LogP contribution in [0.5, 0.6) is 0 Å². The standard InChI is InChI=1S/C13H19N3O2.ClH/c1-8-5-6-10(12(17)15-8)13(18)16-11-4-3-7-14-9(11)2;/h5-6,9,11,14H,3-4,7H2,1-2H3,(H,15,17)(H,16,18);1H. The van der Waals surface area contributed by atoms with Crippen LogP contribution in [0.15, 0.2) is 16.9 Å². The normalized spacial score (nSPS) is 22.4. The van der Waals surface area contributed by atoms with Crippen molar-refractivity contribution in [3.8, 4) is 0 Å². The van der Waals surface area contributed by atoms with Gasteiger partial charge in [0.25, 0.3) is 11.5 Å². The molecule has 2 heterocycles. The Hall–Kier alpha value is -1.33. The average Bonchev–Trinajstić information content (AvgIpc) is 2.32. The second-order valence-corrected chi connectivity index (χ2v) is 4.85. The largest absolute Gasteiger partial charge is 0.348 e. The number of aromatic nitrogens is 1. The molecule has 1 amide bonds. The molecule has 1 fully saturated rings. The Balaban J connectivity index is 0.00000180. The van der Waals surface area contributed by atoms with E-state index in [1.54, 1.807) is 19.1 Å². The summed E-state index contributed by atoms with van der Waals surface area (Å²) in [7, 11) is 0. The van der Waals surface area contributed by atoms with Gasteiger partial charge >= 0.3 is 0 Å². The van der Waals surface area contributed by atoms with Gasteiger partial charge in [-0.15, -0.1) is 12.4 Å². The zero-order chi connectivity index (χ0) is 13.1. The van der Waals surface area contributed by atoms with Crippen molar-refractivity contribution >= 4 is 18.3 Å². The first kappa shape index (κ1) is 15.7. The van der Waals surface area contributed by atoms with Crippen LogP contribution in [0, 0.1) is 6.92 Å². The molecule has 1 aliphatic heterocycles. The number of nitrogens with one attached hydrogen (secondary N) is 3. The van der Waals surface area contributed by atoms with Crippen LogP contribution < -0.4 is 16.2 Å². The van der Waals surface area contributed by atoms with Crippen molar-refractivity contribution in [2.24, 2.45) is 0 Å². The predicted octanol–water partition coefficient (Wildman–Crippen LogP) is 0.975. The second kappa shape index (κ2) is 6.73. The minimum atomic E-state index is -0.330. The van der Waals surface area contributed by atoms with Gasteiger partial charge in [-0.05, 0) is 45.4 Å². The lowest BCUT2D eigenvalue weighted by Gasteiger charge is -2.30. The molecule has 0 bridgehead atoms. The number of carbonyl (C=O) groups is 1. The third-order valence-electron chi connectivity index (χ3n) is 3.38. The topological polar surface area (TPSA) is 74.0 Å². The van der Waals surface area contributed by atoms with E-state index in [9.17, 15) is 9.59 Å². The first-order valence-corrected chi connectivity index (χ1v) is 6.32. The number of carbonyl (C=O) groups excluding carboxylic acids is 1. The number of aromatic amines is 1. The Morgan fingerprint density at radius 3 is 2.79 bits per heavy atom. The average molecular weight is 286 g/mol. The summed E-state index contributed by atoms with van der Waals surface area (Å²) in [5.41, 5.74) is 0.603. The summed E-state index contributed by atoms with van der Waals surface area (Å²) >= 11 is 0. The van der Waals surface area contributed by atoms with Crippen LogP contribution in [0.1, 0.15) is 35.8 Å². The molecule has 106 valence electrons. The van der Waals surface area contributed by atoms with E-state index in [0.29, 0.717) is 0 Å². The third kappa shape index (κ3) is 3.81. The fourth-order valence-electron chi connectivity index (χ4n) is 2.24. The van der Waals surface area contributed by atoms with Gasteiger partial charge in [0.05, 0.1) is 0 Å². The van der Waals surface area contributed by atoms with Crippen molar-refractivity contribution in [3.05, 3.63) is 33.7 Å². The van der Waals surface area contributed by atoms with Crippen molar-refractivity contribution in [3.63, 3.8) is 0 Å². The summed E-state index contributed by atoms with van der Waals surface area (Å²) < 4.78 is 0. The number of pyridine rings is 1. The zero-order valence-corrected chi connectivity index (χ0v) is 12.0. The van der Waals surface area contributed by atoms with Gasteiger partial charge in [0.15, 0.2) is 0 Å². The molecule has 1 aromatic rings. The van der Waals surface area contributed by atoms with E-state index in [-0.39, 0.29) is 41.5 Å². The van der Waals surface area contributed by atoms with Crippen molar-refractivity contribution in [2.75, 3.05) is 6.54 Å². The zero-order valence-electron chi connectivity index (χ0n) is 11.2. The van der Waals surface area contributed by atoms with E-state index in [1.165, 1.54) is 0 Å². The van der Waals surface area contributed by atoms with Gasteiger partial charge in [0, 0.05) is 17.8 Å². The Bertz CT molecular complexity index is 501. The van der Waals surface area contributed by atoms with E-state index in [4.69, 9.17) is 0 Å². The van der Waals surface area contributed by atoms with Gasteiger partial charge in [0.2, 0.25) is 0 Å². The highest BCUT2D eigenvalue weighted by atomic mass is 35.5. The van der Waals surface area contributed by atoms with Crippen LogP contribution in [0.2, 0.25) is 0 Å². The summed E-state index contributed by atoms with van der Waals surface area (Å²) in [4.78, 5) is 26.3. The van der Waals surface area contributed by atoms with Gasteiger partial charge in [-0.3, -0.25) is 9.59 Å². The van der Waals surface area contributed by atoms with Crippen LogP contribution in [0.4, 0.5) is 0 Å². The van der Waals surface area contributed by atoms with E-state index in [1.807, 2.05) is 6.92 Å². The number of aryl methyl sites for hydroxylation is 1. The number of halogens is 1. The Labute approximate surface area is 118 Å². The Kier molecular flexibility index (Phi) is 5.57. The maximum atomic E-state index is 12.0. The van der Waals surface area contributed by atoms with Crippen LogP contribution in [-0.4, -0.2) is 29.5 Å². The van der Waals surface area contributed by atoms with Crippen LogP contribution >= 0.6 is 12.4 Å². The van der Waals surface area contributed by atoms with Gasteiger partial charge in [0.1, 0.15) is 5.56 Å². The fourth-order valence-corrected chi connectivity index (χ4v) is 2.24. The number of hydrogen-bond donors (Lipinski definition) is 3. The fraction of sp³-hybridized carbons (Fsp3) is 0.538. The second-order valence-electron chi connectivity index (χ2n) is 4.85. The predicted molar refractivity (Wildman–Crippen MR) is 77.0 cm³/mol. The SMILES string of the molecule is Cc1ccc(C(=O)NC2CCCNC2C)c(=O)[nH]1.Cl. The number of hydrogen-bond acceptors (Lipinski definition) is 3. The number of amides is 1. The maximum Gasteiger partial charge on any atom is 0.260 e. The Morgan fingerprint density at radius 2 is 2.16 bits per heavy atom. The lowest BCUT2D eigenvalue weighted by atomic mass is 9.99. The lowest BCUT2D eigenvalue weighted by molar-refractivity contribution is 0.0918. The number of rotatable bonds is 2. The first-order chi connectivity index (χ1) is 8.58. The molecule has 0 radical (unpaired) electrons. The quantitative estimate of drug-likeness (QED) is 0.758. The monoisotopic (exact) mass is 285 g/mol. The van der Waals surface area contributed by atoms with Gasteiger partial charge in [-0.1, -0.05) is 0 Å². The highest BCUT2D eigenvalue weighted by Crippen LogP contribution is 2.08. The summed E-state index contributed by atoms with van der Waals surface area (Å²) in [6.07, 6.45) is 1.99. The molecule has 2 atom stereocenters. The molecule has 0 aromatic carbocycles. The van der Waals surface area contributed by atoms with Crippen molar-refractivity contribution < 1.29 is 4.79 Å². The summed E-state index contributed by atoms with van der Waals surface area (Å²) in [5, 5.41) is 6.24. The number of H-pyrrole nitrogens is 1. The van der Waals surface area contributed by atoms with E-state index in [0.717, 1.165) is 25.1 Å². The smallest absolute Gasteiger partial charge is 0.260 e.